The van der Waals surface area contributed by atoms with Crippen LogP contribution in [-0.2, 0) is 19.1 Å². The number of carboxylic acid groups (broad SMARTS) is 1. The van der Waals surface area contributed by atoms with Gasteiger partial charge in [-0.25, -0.2) is 4.79 Å². The van der Waals surface area contributed by atoms with Crippen molar-refractivity contribution in [2.75, 3.05) is 26.4 Å². The molecule has 0 saturated carbocycles. The predicted octanol–water partition coefficient (Wildman–Crippen LogP) is 0.409. The zero-order valence-corrected chi connectivity index (χ0v) is 10.4. The summed E-state index contributed by atoms with van der Waals surface area (Å²) in [6.07, 6.45) is 1.47. The van der Waals surface area contributed by atoms with E-state index in [1.165, 1.54) is 0 Å². The first-order valence-corrected chi connectivity index (χ1v) is 5.76. The number of carbonyl (C=O) groups excluding carboxylic acids is 1. The summed E-state index contributed by atoms with van der Waals surface area (Å²) in [4.78, 5) is 21.5. The third kappa shape index (κ3) is 9.77. The van der Waals surface area contributed by atoms with Crippen molar-refractivity contribution in [2.24, 2.45) is 0 Å². The van der Waals surface area contributed by atoms with Crippen LogP contribution in [0.1, 0.15) is 26.7 Å². The van der Waals surface area contributed by atoms with E-state index in [0.717, 1.165) is 12.8 Å². The van der Waals surface area contributed by atoms with Gasteiger partial charge in [-0.05, 0) is 13.3 Å². The minimum Gasteiger partial charge on any atom is -0.480 e. The fraction of sp³-hybridized carbons (Fsp3) is 0.818. The van der Waals surface area contributed by atoms with E-state index in [1.807, 2.05) is 6.92 Å². The van der Waals surface area contributed by atoms with Crippen molar-refractivity contribution in [1.29, 1.82) is 0 Å². The molecule has 0 saturated heterocycles. The lowest BCUT2D eigenvalue weighted by Crippen LogP contribution is -2.36. The largest absolute Gasteiger partial charge is 0.480 e. The molecule has 0 aromatic rings. The number of carbonyl (C=O) groups is 2. The molecule has 0 spiro atoms. The number of aliphatic carboxylic acids is 1. The van der Waals surface area contributed by atoms with Gasteiger partial charge in [-0.15, -0.1) is 0 Å². The number of ether oxygens (including phenoxy) is 2. The molecule has 0 aromatic heterocycles. The highest BCUT2D eigenvalue weighted by Crippen LogP contribution is 1.94. The number of carboxylic acids is 1. The first-order chi connectivity index (χ1) is 8.07. The zero-order chi connectivity index (χ0) is 13.1. The average molecular weight is 247 g/mol. The minimum atomic E-state index is -1.02. The Morgan fingerprint density at radius 3 is 2.65 bits per heavy atom. The van der Waals surface area contributed by atoms with Crippen LogP contribution < -0.4 is 5.32 Å². The summed E-state index contributed by atoms with van der Waals surface area (Å²) >= 11 is 0. The lowest BCUT2D eigenvalue weighted by atomic mass is 10.3. The summed E-state index contributed by atoms with van der Waals surface area (Å²) < 4.78 is 10.1. The van der Waals surface area contributed by atoms with Crippen LogP contribution in [0.15, 0.2) is 0 Å². The molecule has 1 unspecified atom stereocenters. The number of unbranched alkanes of at least 4 members (excludes halogenated alkanes) is 1. The number of amides is 1. The van der Waals surface area contributed by atoms with Crippen LogP contribution in [0.4, 0.5) is 0 Å². The van der Waals surface area contributed by atoms with Gasteiger partial charge in [0.25, 0.3) is 0 Å². The molecule has 0 heterocycles. The molecule has 1 atom stereocenters. The molecular weight excluding hydrogens is 226 g/mol. The molecule has 0 aliphatic rings. The van der Waals surface area contributed by atoms with E-state index < -0.39 is 12.1 Å². The molecular formula is C11H21NO5. The normalized spacial score (nSPS) is 12.1. The fourth-order valence-electron chi connectivity index (χ4n) is 1.03. The van der Waals surface area contributed by atoms with Crippen molar-refractivity contribution >= 4 is 11.9 Å². The Morgan fingerprint density at radius 1 is 1.35 bits per heavy atom. The third-order valence-corrected chi connectivity index (χ3v) is 2.01. The van der Waals surface area contributed by atoms with Gasteiger partial charge >= 0.3 is 5.97 Å². The van der Waals surface area contributed by atoms with Crippen molar-refractivity contribution in [3.8, 4) is 0 Å². The molecule has 17 heavy (non-hydrogen) atoms. The molecule has 100 valence electrons. The van der Waals surface area contributed by atoms with Crippen molar-refractivity contribution < 1.29 is 24.2 Å². The molecule has 0 aliphatic heterocycles. The van der Waals surface area contributed by atoms with Crippen LogP contribution in [0.2, 0.25) is 0 Å². The van der Waals surface area contributed by atoms with Gasteiger partial charge < -0.3 is 19.9 Å². The molecule has 0 aromatic carbocycles. The summed E-state index contributed by atoms with van der Waals surface area (Å²) in [7, 11) is 0. The molecule has 0 fully saturated rings. The average Bonchev–Trinajstić information content (AvgIpc) is 2.28. The maximum absolute atomic E-state index is 11.4. The number of rotatable bonds is 10. The van der Waals surface area contributed by atoms with E-state index in [2.05, 4.69) is 5.32 Å². The van der Waals surface area contributed by atoms with Crippen LogP contribution >= 0.6 is 0 Å². The molecule has 0 radical (unpaired) electrons. The van der Waals surface area contributed by atoms with Gasteiger partial charge in [-0.1, -0.05) is 13.3 Å². The van der Waals surface area contributed by atoms with Crippen LogP contribution in [0.5, 0.6) is 0 Å². The van der Waals surface area contributed by atoms with Crippen LogP contribution in [0.3, 0.4) is 0 Å². The summed E-state index contributed by atoms with van der Waals surface area (Å²) in [5, 5.41) is 10.9. The van der Waals surface area contributed by atoms with Gasteiger partial charge in [-0.2, -0.15) is 0 Å². The lowest BCUT2D eigenvalue weighted by Gasteiger charge is -2.12. The van der Waals surface area contributed by atoms with Crippen molar-refractivity contribution in [3.05, 3.63) is 0 Å². The number of hydrogen-bond donors (Lipinski definition) is 2. The molecule has 0 aliphatic carbocycles. The molecule has 6 nitrogen and oxygen atoms in total. The highest BCUT2D eigenvalue weighted by atomic mass is 16.5. The number of hydrogen-bond acceptors (Lipinski definition) is 4. The quantitative estimate of drug-likeness (QED) is 0.546. The van der Waals surface area contributed by atoms with Crippen LogP contribution in [-0.4, -0.2) is 49.5 Å². The molecule has 0 bridgehead atoms. The van der Waals surface area contributed by atoms with E-state index >= 15 is 0 Å². The van der Waals surface area contributed by atoms with E-state index in [-0.39, 0.29) is 25.7 Å². The second-order valence-corrected chi connectivity index (χ2v) is 3.60. The fourth-order valence-corrected chi connectivity index (χ4v) is 1.03. The summed E-state index contributed by atoms with van der Waals surface area (Å²) in [6.45, 7) is 4.42. The van der Waals surface area contributed by atoms with Gasteiger partial charge in [0, 0.05) is 13.2 Å². The Kier molecular flexibility index (Phi) is 9.37. The standard InChI is InChI=1S/C11H21NO5/c1-3-4-6-17-9(2)11(15)12-5-7-16-8-10(13)14/h9H,3-8H2,1-2H3,(H,12,15)(H,13,14). The smallest absolute Gasteiger partial charge is 0.329 e. The SMILES string of the molecule is CCCCOC(C)C(=O)NCCOCC(=O)O. The lowest BCUT2D eigenvalue weighted by molar-refractivity contribution is -0.142. The monoisotopic (exact) mass is 247 g/mol. The predicted molar refractivity (Wildman–Crippen MR) is 61.8 cm³/mol. The maximum atomic E-state index is 11.4. The maximum Gasteiger partial charge on any atom is 0.329 e. The van der Waals surface area contributed by atoms with Crippen LogP contribution in [0.25, 0.3) is 0 Å². The Labute approximate surface area is 101 Å². The highest BCUT2D eigenvalue weighted by Gasteiger charge is 2.11. The highest BCUT2D eigenvalue weighted by molar-refractivity contribution is 5.80. The topological polar surface area (TPSA) is 84.9 Å². The van der Waals surface area contributed by atoms with Crippen molar-refractivity contribution in [3.63, 3.8) is 0 Å². The summed E-state index contributed by atoms with van der Waals surface area (Å²) in [5.41, 5.74) is 0. The van der Waals surface area contributed by atoms with Gasteiger partial charge in [0.2, 0.25) is 5.91 Å². The Bertz CT molecular complexity index is 232. The zero-order valence-electron chi connectivity index (χ0n) is 10.4. The third-order valence-electron chi connectivity index (χ3n) is 2.01. The minimum absolute atomic E-state index is 0.180. The van der Waals surface area contributed by atoms with Gasteiger partial charge in [0.05, 0.1) is 6.61 Å². The van der Waals surface area contributed by atoms with E-state index in [1.54, 1.807) is 6.92 Å². The summed E-state index contributed by atoms with van der Waals surface area (Å²) in [5.74, 6) is -1.23. The van der Waals surface area contributed by atoms with Crippen molar-refractivity contribution in [1.82, 2.24) is 5.32 Å². The molecule has 6 heteroatoms. The first kappa shape index (κ1) is 15.9. The first-order valence-electron chi connectivity index (χ1n) is 5.76. The number of nitrogens with one attached hydrogen (secondary N) is 1. The van der Waals surface area contributed by atoms with Gasteiger partial charge in [0.15, 0.2) is 0 Å². The van der Waals surface area contributed by atoms with Crippen LogP contribution in [0, 0.1) is 0 Å². The molecule has 2 N–H and O–H groups in total. The molecule has 1 amide bonds. The van der Waals surface area contributed by atoms with Gasteiger partial charge in [0.1, 0.15) is 12.7 Å². The van der Waals surface area contributed by atoms with E-state index in [0.29, 0.717) is 6.61 Å². The molecule has 0 rings (SSSR count). The van der Waals surface area contributed by atoms with Crippen molar-refractivity contribution in [2.45, 2.75) is 32.8 Å². The Balaban J connectivity index is 3.47. The van der Waals surface area contributed by atoms with E-state index in [9.17, 15) is 9.59 Å². The second-order valence-electron chi connectivity index (χ2n) is 3.60. The van der Waals surface area contributed by atoms with Gasteiger partial charge in [-0.3, -0.25) is 4.79 Å². The Morgan fingerprint density at radius 2 is 2.06 bits per heavy atom. The van der Waals surface area contributed by atoms with E-state index in [4.69, 9.17) is 14.6 Å². The Hall–Kier alpha value is -1.14. The summed E-state index contributed by atoms with van der Waals surface area (Å²) in [6, 6.07) is 0. The second kappa shape index (κ2) is 10.0.